The molecule has 1 aromatic carbocycles. The van der Waals surface area contributed by atoms with E-state index in [0.717, 1.165) is 23.1 Å². The number of hydrogen-bond acceptors (Lipinski definition) is 2. The maximum Gasteiger partial charge on any atom is 0.251 e. The molecule has 4 rings (SSSR count). The van der Waals surface area contributed by atoms with Crippen LogP contribution in [0.15, 0.2) is 41.0 Å². The summed E-state index contributed by atoms with van der Waals surface area (Å²) in [5, 5.41) is 7.60. The standard InChI is InChI=1S/C19H20BrN3O/c1-23-11-17-15(3-2-4-18(17)22-23)16-9-13(16)10-21-19(24)12-5-7-14(20)8-6-12/h2,4-8,11,13,15-16H,3,9-10H2,1H3,(H,21,24)/t13-,15?,16+/m0/s1. The second kappa shape index (κ2) is 6.20. The molecule has 1 unspecified atom stereocenters. The van der Waals surface area contributed by atoms with Crippen LogP contribution >= 0.6 is 15.9 Å². The van der Waals surface area contributed by atoms with Crippen molar-refractivity contribution in [1.29, 1.82) is 0 Å². The lowest BCUT2D eigenvalue weighted by atomic mass is 9.87. The number of halogens is 1. The predicted molar refractivity (Wildman–Crippen MR) is 97.7 cm³/mol. The normalized spacial score (nSPS) is 24.5. The van der Waals surface area contributed by atoms with E-state index in [4.69, 9.17) is 0 Å². The minimum absolute atomic E-state index is 0.0127. The van der Waals surface area contributed by atoms with Gasteiger partial charge in [0, 0.05) is 35.4 Å². The second-order valence-electron chi connectivity index (χ2n) is 6.76. The van der Waals surface area contributed by atoms with Gasteiger partial charge in [-0.2, -0.15) is 5.10 Å². The average molecular weight is 386 g/mol. The van der Waals surface area contributed by atoms with E-state index in [2.05, 4.69) is 44.7 Å². The summed E-state index contributed by atoms with van der Waals surface area (Å²) in [6.45, 7) is 0.759. The molecule has 124 valence electrons. The number of hydrogen-bond donors (Lipinski definition) is 1. The van der Waals surface area contributed by atoms with Crippen LogP contribution in [0.5, 0.6) is 0 Å². The molecule has 2 aliphatic rings. The number of aromatic nitrogens is 2. The topological polar surface area (TPSA) is 46.9 Å². The Kier molecular flexibility index (Phi) is 4.04. The van der Waals surface area contributed by atoms with Crippen molar-refractivity contribution in [2.75, 3.05) is 6.54 Å². The van der Waals surface area contributed by atoms with Crippen LogP contribution in [0.25, 0.3) is 6.08 Å². The van der Waals surface area contributed by atoms with Crippen molar-refractivity contribution in [1.82, 2.24) is 15.1 Å². The summed E-state index contributed by atoms with van der Waals surface area (Å²) < 4.78 is 2.89. The summed E-state index contributed by atoms with van der Waals surface area (Å²) in [5.41, 5.74) is 3.19. The van der Waals surface area contributed by atoms with Crippen molar-refractivity contribution in [2.45, 2.75) is 18.8 Å². The SMILES string of the molecule is Cn1cc2c(n1)C=CCC2[C@@H]1C[C@H]1CNC(=O)c1ccc(Br)cc1. The van der Waals surface area contributed by atoms with Gasteiger partial charge in [-0.1, -0.05) is 22.0 Å². The average Bonchev–Trinajstić information content (AvgIpc) is 3.24. The molecule has 1 aromatic heterocycles. The van der Waals surface area contributed by atoms with E-state index >= 15 is 0 Å². The Morgan fingerprint density at radius 1 is 1.38 bits per heavy atom. The van der Waals surface area contributed by atoms with Crippen molar-refractivity contribution in [3.63, 3.8) is 0 Å². The zero-order chi connectivity index (χ0) is 16.7. The van der Waals surface area contributed by atoms with Gasteiger partial charge < -0.3 is 5.32 Å². The number of carbonyl (C=O) groups excluding carboxylic acids is 1. The van der Waals surface area contributed by atoms with E-state index < -0.39 is 0 Å². The zero-order valence-electron chi connectivity index (χ0n) is 13.6. The highest BCUT2D eigenvalue weighted by atomic mass is 79.9. The maximum absolute atomic E-state index is 12.2. The van der Waals surface area contributed by atoms with Crippen molar-refractivity contribution < 1.29 is 4.79 Å². The van der Waals surface area contributed by atoms with Gasteiger partial charge in [0.15, 0.2) is 0 Å². The molecule has 24 heavy (non-hydrogen) atoms. The van der Waals surface area contributed by atoms with Gasteiger partial charge in [0.05, 0.1) is 5.69 Å². The van der Waals surface area contributed by atoms with Gasteiger partial charge in [0.25, 0.3) is 5.91 Å². The van der Waals surface area contributed by atoms with Gasteiger partial charge in [-0.25, -0.2) is 0 Å². The van der Waals surface area contributed by atoms with E-state index in [-0.39, 0.29) is 5.91 Å². The molecule has 0 spiro atoms. The molecule has 4 nitrogen and oxygen atoms in total. The van der Waals surface area contributed by atoms with Crippen LogP contribution in [0, 0.1) is 11.8 Å². The Balaban J connectivity index is 1.35. The van der Waals surface area contributed by atoms with E-state index in [1.807, 2.05) is 36.0 Å². The van der Waals surface area contributed by atoms with E-state index in [1.54, 1.807) is 0 Å². The van der Waals surface area contributed by atoms with E-state index in [9.17, 15) is 4.79 Å². The third-order valence-corrected chi connectivity index (χ3v) is 5.61. The first-order valence-corrected chi connectivity index (χ1v) is 9.15. The highest BCUT2D eigenvalue weighted by Gasteiger charge is 2.44. The maximum atomic E-state index is 12.2. The lowest BCUT2D eigenvalue weighted by Crippen LogP contribution is -2.26. The molecule has 0 saturated heterocycles. The molecule has 0 bridgehead atoms. The molecule has 1 N–H and O–H groups in total. The Bertz CT molecular complexity index is 793. The number of carbonyl (C=O) groups is 1. The number of aryl methyl sites for hydroxylation is 1. The number of nitrogens with one attached hydrogen (secondary N) is 1. The fourth-order valence-corrected chi connectivity index (χ4v) is 3.99. The quantitative estimate of drug-likeness (QED) is 0.870. The lowest BCUT2D eigenvalue weighted by molar-refractivity contribution is 0.0951. The number of benzene rings is 1. The number of rotatable bonds is 4. The van der Waals surface area contributed by atoms with Crippen molar-refractivity contribution in [2.24, 2.45) is 18.9 Å². The summed E-state index contributed by atoms with van der Waals surface area (Å²) in [7, 11) is 1.98. The zero-order valence-corrected chi connectivity index (χ0v) is 15.2. The van der Waals surface area contributed by atoms with Gasteiger partial charge >= 0.3 is 0 Å². The number of nitrogens with zero attached hydrogens (tertiary/aromatic N) is 2. The van der Waals surface area contributed by atoms with E-state index in [0.29, 0.717) is 23.3 Å². The van der Waals surface area contributed by atoms with Gasteiger partial charge in [-0.3, -0.25) is 9.48 Å². The van der Waals surface area contributed by atoms with Gasteiger partial charge in [-0.15, -0.1) is 0 Å². The largest absolute Gasteiger partial charge is 0.352 e. The Morgan fingerprint density at radius 2 is 2.17 bits per heavy atom. The summed E-state index contributed by atoms with van der Waals surface area (Å²) in [4.78, 5) is 12.2. The molecule has 1 amide bonds. The molecule has 0 aliphatic heterocycles. The van der Waals surface area contributed by atoms with Crippen LogP contribution in [0.3, 0.4) is 0 Å². The summed E-state index contributed by atoms with van der Waals surface area (Å²) >= 11 is 3.39. The summed E-state index contributed by atoms with van der Waals surface area (Å²) in [5.74, 6) is 1.80. The molecular formula is C19H20BrN3O. The van der Waals surface area contributed by atoms with Crippen LogP contribution in [-0.2, 0) is 7.05 Å². The number of amides is 1. The minimum Gasteiger partial charge on any atom is -0.352 e. The highest BCUT2D eigenvalue weighted by molar-refractivity contribution is 9.10. The van der Waals surface area contributed by atoms with Crippen molar-refractivity contribution in [3.05, 3.63) is 57.8 Å². The predicted octanol–water partition coefficient (Wildman–Crippen LogP) is 3.75. The molecule has 0 radical (unpaired) electrons. The molecule has 1 heterocycles. The Morgan fingerprint density at radius 3 is 2.96 bits per heavy atom. The van der Waals surface area contributed by atoms with Crippen LogP contribution in [-0.4, -0.2) is 22.2 Å². The summed E-state index contributed by atoms with van der Waals surface area (Å²) in [6, 6.07) is 7.48. The third-order valence-electron chi connectivity index (χ3n) is 5.08. The molecule has 5 heteroatoms. The van der Waals surface area contributed by atoms with Crippen LogP contribution in [0.2, 0.25) is 0 Å². The number of fused-ring (bicyclic) bond motifs is 1. The molecule has 1 fully saturated rings. The lowest BCUT2D eigenvalue weighted by Gasteiger charge is -2.18. The first kappa shape index (κ1) is 15.6. The Hall–Kier alpha value is -1.88. The Labute approximate surface area is 150 Å². The van der Waals surface area contributed by atoms with Gasteiger partial charge in [0.1, 0.15) is 0 Å². The van der Waals surface area contributed by atoms with Crippen molar-refractivity contribution >= 4 is 27.9 Å². The first-order chi connectivity index (χ1) is 11.6. The molecular weight excluding hydrogens is 366 g/mol. The van der Waals surface area contributed by atoms with Gasteiger partial charge in [0.2, 0.25) is 0 Å². The molecule has 2 aromatic rings. The molecule has 1 saturated carbocycles. The monoisotopic (exact) mass is 385 g/mol. The molecule has 2 aliphatic carbocycles. The van der Waals surface area contributed by atoms with Crippen LogP contribution in [0.1, 0.15) is 40.4 Å². The second-order valence-corrected chi connectivity index (χ2v) is 7.68. The van der Waals surface area contributed by atoms with Gasteiger partial charge in [-0.05, 0) is 60.9 Å². The minimum atomic E-state index is 0.0127. The van der Waals surface area contributed by atoms with Crippen LogP contribution in [0.4, 0.5) is 0 Å². The summed E-state index contributed by atoms with van der Waals surface area (Å²) in [6.07, 6.45) is 8.78. The van der Waals surface area contributed by atoms with E-state index in [1.165, 1.54) is 12.0 Å². The highest BCUT2D eigenvalue weighted by Crippen LogP contribution is 2.51. The molecule has 3 atom stereocenters. The smallest absolute Gasteiger partial charge is 0.251 e. The first-order valence-electron chi connectivity index (χ1n) is 8.35. The van der Waals surface area contributed by atoms with Crippen molar-refractivity contribution in [3.8, 4) is 0 Å². The van der Waals surface area contributed by atoms with Crippen LogP contribution < -0.4 is 5.32 Å². The third kappa shape index (κ3) is 3.05. The fourth-order valence-electron chi connectivity index (χ4n) is 3.72. The fraction of sp³-hybridized carbons (Fsp3) is 0.368. The number of allylic oxidation sites excluding steroid dienone is 1.